The summed E-state index contributed by atoms with van der Waals surface area (Å²) in [6.07, 6.45) is 4.55. The number of benzene rings is 1. The second kappa shape index (κ2) is 7.25. The SMILES string of the molecule is NC(=NO)c1ccccc1CNCCc1cccnc1. The van der Waals surface area contributed by atoms with Crippen molar-refractivity contribution in [1.82, 2.24) is 10.3 Å². The van der Waals surface area contributed by atoms with Gasteiger partial charge in [0.15, 0.2) is 5.84 Å². The van der Waals surface area contributed by atoms with Crippen LogP contribution in [0.4, 0.5) is 0 Å². The van der Waals surface area contributed by atoms with Crippen molar-refractivity contribution < 1.29 is 5.21 Å². The maximum atomic E-state index is 8.77. The Hall–Kier alpha value is -2.40. The lowest BCUT2D eigenvalue weighted by molar-refractivity contribution is 0.318. The quantitative estimate of drug-likeness (QED) is 0.244. The summed E-state index contributed by atoms with van der Waals surface area (Å²) in [5.74, 6) is 0.134. The highest BCUT2D eigenvalue weighted by Crippen LogP contribution is 2.08. The van der Waals surface area contributed by atoms with E-state index in [-0.39, 0.29) is 5.84 Å². The van der Waals surface area contributed by atoms with Crippen LogP contribution in [0.3, 0.4) is 0 Å². The highest BCUT2D eigenvalue weighted by Gasteiger charge is 2.05. The molecule has 0 aliphatic heterocycles. The van der Waals surface area contributed by atoms with Crippen LogP contribution in [0.15, 0.2) is 53.9 Å². The first kappa shape index (κ1) is 14.0. The predicted octanol–water partition coefficient (Wildman–Crippen LogP) is 1.51. The van der Waals surface area contributed by atoms with E-state index < -0.39 is 0 Å². The smallest absolute Gasteiger partial charge is 0.170 e. The fraction of sp³-hybridized carbons (Fsp3) is 0.200. The molecule has 0 aliphatic carbocycles. The molecular formula is C15H18N4O. The summed E-state index contributed by atoms with van der Waals surface area (Å²) >= 11 is 0. The van der Waals surface area contributed by atoms with Gasteiger partial charge in [-0.2, -0.15) is 0 Å². The lowest BCUT2D eigenvalue weighted by Crippen LogP contribution is -2.21. The zero-order valence-electron chi connectivity index (χ0n) is 11.2. The molecule has 0 spiro atoms. The molecule has 2 rings (SSSR count). The molecule has 5 heteroatoms. The number of oxime groups is 1. The summed E-state index contributed by atoms with van der Waals surface area (Å²) in [5.41, 5.74) is 8.62. The van der Waals surface area contributed by atoms with Gasteiger partial charge in [-0.3, -0.25) is 4.98 Å². The zero-order valence-corrected chi connectivity index (χ0v) is 11.2. The topological polar surface area (TPSA) is 83.5 Å². The van der Waals surface area contributed by atoms with Gasteiger partial charge in [-0.25, -0.2) is 0 Å². The van der Waals surface area contributed by atoms with E-state index in [4.69, 9.17) is 10.9 Å². The van der Waals surface area contributed by atoms with Gasteiger partial charge < -0.3 is 16.3 Å². The van der Waals surface area contributed by atoms with E-state index in [1.165, 1.54) is 5.56 Å². The van der Waals surface area contributed by atoms with Crippen LogP contribution in [0.1, 0.15) is 16.7 Å². The molecule has 0 bridgehead atoms. The van der Waals surface area contributed by atoms with E-state index in [0.29, 0.717) is 6.54 Å². The van der Waals surface area contributed by atoms with Crippen LogP contribution in [0.5, 0.6) is 0 Å². The minimum atomic E-state index is 0.134. The summed E-state index contributed by atoms with van der Waals surface area (Å²) < 4.78 is 0. The van der Waals surface area contributed by atoms with Gasteiger partial charge in [-0.15, -0.1) is 0 Å². The average Bonchev–Trinajstić information content (AvgIpc) is 2.52. The number of aromatic nitrogens is 1. The monoisotopic (exact) mass is 270 g/mol. The maximum absolute atomic E-state index is 8.77. The number of amidine groups is 1. The van der Waals surface area contributed by atoms with Crippen molar-refractivity contribution in [3.63, 3.8) is 0 Å². The summed E-state index contributed by atoms with van der Waals surface area (Å²) in [6.45, 7) is 1.52. The van der Waals surface area contributed by atoms with Crippen molar-refractivity contribution in [2.24, 2.45) is 10.9 Å². The summed E-state index contributed by atoms with van der Waals surface area (Å²) in [4.78, 5) is 4.08. The van der Waals surface area contributed by atoms with Gasteiger partial charge in [0.05, 0.1) is 0 Å². The molecule has 1 aromatic carbocycles. The molecular weight excluding hydrogens is 252 g/mol. The van der Waals surface area contributed by atoms with E-state index >= 15 is 0 Å². The van der Waals surface area contributed by atoms with Crippen molar-refractivity contribution in [2.45, 2.75) is 13.0 Å². The molecule has 4 N–H and O–H groups in total. The van der Waals surface area contributed by atoms with Crippen LogP contribution in [0, 0.1) is 0 Å². The highest BCUT2D eigenvalue weighted by molar-refractivity contribution is 5.98. The van der Waals surface area contributed by atoms with E-state index in [0.717, 1.165) is 24.1 Å². The van der Waals surface area contributed by atoms with Crippen molar-refractivity contribution in [3.8, 4) is 0 Å². The first-order chi connectivity index (χ1) is 9.81. The third-order valence-corrected chi connectivity index (χ3v) is 3.03. The molecule has 2 aromatic rings. The molecule has 5 nitrogen and oxygen atoms in total. The van der Waals surface area contributed by atoms with Crippen molar-refractivity contribution in [3.05, 3.63) is 65.5 Å². The number of hydrogen-bond donors (Lipinski definition) is 3. The lowest BCUT2D eigenvalue weighted by atomic mass is 10.1. The Labute approximate surface area is 118 Å². The molecule has 0 radical (unpaired) electrons. The Balaban J connectivity index is 1.88. The predicted molar refractivity (Wildman–Crippen MR) is 78.6 cm³/mol. The molecule has 0 saturated heterocycles. The van der Waals surface area contributed by atoms with Gasteiger partial charge in [0, 0.05) is 24.5 Å². The summed E-state index contributed by atoms with van der Waals surface area (Å²) in [6, 6.07) is 11.6. The molecule has 0 fully saturated rings. The van der Waals surface area contributed by atoms with Crippen LogP contribution >= 0.6 is 0 Å². The second-order valence-electron chi connectivity index (χ2n) is 4.43. The summed E-state index contributed by atoms with van der Waals surface area (Å²) in [5, 5.41) is 15.2. The normalized spacial score (nSPS) is 11.5. The fourth-order valence-electron chi connectivity index (χ4n) is 1.98. The van der Waals surface area contributed by atoms with Gasteiger partial charge in [0.1, 0.15) is 0 Å². The van der Waals surface area contributed by atoms with Crippen LogP contribution < -0.4 is 11.1 Å². The minimum Gasteiger partial charge on any atom is -0.409 e. The number of nitrogens with one attached hydrogen (secondary N) is 1. The molecule has 0 atom stereocenters. The molecule has 1 heterocycles. The Morgan fingerprint density at radius 3 is 2.85 bits per heavy atom. The maximum Gasteiger partial charge on any atom is 0.170 e. The van der Waals surface area contributed by atoms with Gasteiger partial charge >= 0.3 is 0 Å². The number of nitrogens with zero attached hydrogens (tertiary/aromatic N) is 2. The van der Waals surface area contributed by atoms with Crippen LogP contribution in [-0.2, 0) is 13.0 Å². The lowest BCUT2D eigenvalue weighted by Gasteiger charge is -2.09. The minimum absolute atomic E-state index is 0.134. The second-order valence-corrected chi connectivity index (χ2v) is 4.43. The zero-order chi connectivity index (χ0) is 14.2. The molecule has 104 valence electrons. The largest absolute Gasteiger partial charge is 0.409 e. The molecule has 0 saturated carbocycles. The van der Waals surface area contributed by atoms with Crippen molar-refractivity contribution >= 4 is 5.84 Å². The number of nitrogens with two attached hydrogens (primary N) is 1. The van der Waals surface area contributed by atoms with E-state index in [2.05, 4.69) is 21.5 Å². The Morgan fingerprint density at radius 1 is 1.25 bits per heavy atom. The number of hydrogen-bond acceptors (Lipinski definition) is 4. The van der Waals surface area contributed by atoms with E-state index in [1.54, 1.807) is 6.20 Å². The van der Waals surface area contributed by atoms with Crippen molar-refractivity contribution in [2.75, 3.05) is 6.54 Å². The Morgan fingerprint density at radius 2 is 2.10 bits per heavy atom. The molecule has 0 aliphatic rings. The number of rotatable bonds is 6. The van der Waals surface area contributed by atoms with Crippen LogP contribution in [0.25, 0.3) is 0 Å². The standard InChI is InChI=1S/C15H18N4O/c16-15(19-20)14-6-2-1-5-13(14)11-18-9-7-12-4-3-8-17-10-12/h1-6,8,10,18,20H,7,9,11H2,(H2,16,19). The molecule has 0 amide bonds. The van der Waals surface area contributed by atoms with Gasteiger partial charge in [0.2, 0.25) is 0 Å². The third-order valence-electron chi connectivity index (χ3n) is 3.03. The Bertz CT molecular complexity index is 569. The van der Waals surface area contributed by atoms with E-state index in [9.17, 15) is 0 Å². The first-order valence-corrected chi connectivity index (χ1v) is 6.46. The third kappa shape index (κ3) is 3.80. The Kier molecular flexibility index (Phi) is 5.08. The van der Waals surface area contributed by atoms with Gasteiger partial charge in [-0.05, 0) is 30.2 Å². The van der Waals surface area contributed by atoms with Gasteiger partial charge in [-0.1, -0.05) is 35.5 Å². The van der Waals surface area contributed by atoms with Crippen molar-refractivity contribution in [1.29, 1.82) is 0 Å². The molecule has 20 heavy (non-hydrogen) atoms. The fourth-order valence-corrected chi connectivity index (χ4v) is 1.98. The van der Waals surface area contributed by atoms with Gasteiger partial charge in [0.25, 0.3) is 0 Å². The molecule has 1 aromatic heterocycles. The number of pyridine rings is 1. The highest BCUT2D eigenvalue weighted by atomic mass is 16.4. The first-order valence-electron chi connectivity index (χ1n) is 6.46. The summed E-state index contributed by atoms with van der Waals surface area (Å²) in [7, 11) is 0. The average molecular weight is 270 g/mol. The van der Waals surface area contributed by atoms with Crippen LogP contribution in [-0.4, -0.2) is 22.6 Å². The molecule has 0 unspecified atom stereocenters. The van der Waals surface area contributed by atoms with Crippen LogP contribution in [0.2, 0.25) is 0 Å². The van der Waals surface area contributed by atoms with E-state index in [1.807, 2.05) is 36.5 Å².